The molecule has 2 N–H and O–H groups in total. The number of aromatic nitrogens is 2. The van der Waals surface area contributed by atoms with Crippen LogP contribution in [0.2, 0.25) is 5.02 Å². The Morgan fingerprint density at radius 1 is 1.25 bits per heavy atom. The molecule has 1 aromatic carbocycles. The van der Waals surface area contributed by atoms with Crippen LogP contribution in [0.3, 0.4) is 0 Å². The van der Waals surface area contributed by atoms with Gasteiger partial charge in [-0.1, -0.05) is 30.7 Å². The fourth-order valence-corrected chi connectivity index (χ4v) is 2.83. The SMILES string of the molecule is CCC(N)Cc1cnc(CSc2ccccc2Cl)nc1. The minimum absolute atomic E-state index is 0.182. The van der Waals surface area contributed by atoms with Gasteiger partial charge in [-0.3, -0.25) is 0 Å². The highest BCUT2D eigenvalue weighted by Crippen LogP contribution is 2.28. The van der Waals surface area contributed by atoms with Crippen LogP contribution in [0.4, 0.5) is 0 Å². The van der Waals surface area contributed by atoms with Crippen molar-refractivity contribution < 1.29 is 0 Å². The summed E-state index contributed by atoms with van der Waals surface area (Å²) in [5.41, 5.74) is 7.01. The van der Waals surface area contributed by atoms with Gasteiger partial charge in [0.1, 0.15) is 5.82 Å². The molecule has 0 aliphatic rings. The zero-order valence-corrected chi connectivity index (χ0v) is 13.0. The van der Waals surface area contributed by atoms with Gasteiger partial charge in [0.25, 0.3) is 0 Å². The summed E-state index contributed by atoms with van der Waals surface area (Å²) in [7, 11) is 0. The number of hydrogen-bond donors (Lipinski definition) is 1. The van der Waals surface area contributed by atoms with Crippen LogP contribution >= 0.6 is 23.4 Å². The average molecular weight is 308 g/mol. The highest BCUT2D eigenvalue weighted by atomic mass is 35.5. The maximum Gasteiger partial charge on any atom is 0.138 e. The fourth-order valence-electron chi connectivity index (χ4n) is 1.71. The van der Waals surface area contributed by atoms with E-state index in [2.05, 4.69) is 16.9 Å². The first kappa shape index (κ1) is 15.3. The molecule has 0 saturated heterocycles. The second-order valence-corrected chi connectivity index (χ2v) is 6.02. The summed E-state index contributed by atoms with van der Waals surface area (Å²) in [5, 5.41) is 0.767. The third kappa shape index (κ3) is 4.47. The zero-order valence-electron chi connectivity index (χ0n) is 11.4. The van der Waals surface area contributed by atoms with Gasteiger partial charge in [0.2, 0.25) is 0 Å². The topological polar surface area (TPSA) is 51.8 Å². The van der Waals surface area contributed by atoms with Crippen molar-refractivity contribution >= 4 is 23.4 Å². The number of nitrogens with zero attached hydrogens (tertiary/aromatic N) is 2. The predicted molar refractivity (Wildman–Crippen MR) is 85.0 cm³/mol. The van der Waals surface area contributed by atoms with Gasteiger partial charge in [0, 0.05) is 23.3 Å². The molecule has 0 bridgehead atoms. The molecule has 106 valence electrons. The van der Waals surface area contributed by atoms with Crippen LogP contribution in [-0.4, -0.2) is 16.0 Å². The van der Waals surface area contributed by atoms with E-state index in [9.17, 15) is 0 Å². The van der Waals surface area contributed by atoms with Crippen LogP contribution < -0.4 is 5.73 Å². The van der Waals surface area contributed by atoms with Gasteiger partial charge in [0.15, 0.2) is 0 Å². The lowest BCUT2D eigenvalue weighted by Gasteiger charge is -2.08. The molecule has 1 atom stereocenters. The Kier molecular flexibility index (Phi) is 5.83. The van der Waals surface area contributed by atoms with Gasteiger partial charge in [0.05, 0.1) is 10.8 Å². The third-order valence-corrected chi connectivity index (χ3v) is 4.49. The van der Waals surface area contributed by atoms with Crippen molar-refractivity contribution in [1.82, 2.24) is 9.97 Å². The lowest BCUT2D eigenvalue weighted by Crippen LogP contribution is -2.21. The van der Waals surface area contributed by atoms with Crippen LogP contribution in [0, 0.1) is 0 Å². The Bertz CT molecular complexity index is 545. The van der Waals surface area contributed by atoms with Crippen molar-refractivity contribution in [3.63, 3.8) is 0 Å². The van der Waals surface area contributed by atoms with E-state index in [1.54, 1.807) is 11.8 Å². The average Bonchev–Trinajstić information content (AvgIpc) is 2.48. The minimum atomic E-state index is 0.182. The first-order valence-electron chi connectivity index (χ1n) is 6.61. The van der Waals surface area contributed by atoms with Gasteiger partial charge in [-0.05, 0) is 30.5 Å². The normalized spacial score (nSPS) is 12.3. The Morgan fingerprint density at radius 2 is 1.95 bits per heavy atom. The Hall–Kier alpha value is -1.10. The van der Waals surface area contributed by atoms with E-state index < -0.39 is 0 Å². The number of nitrogens with two attached hydrogens (primary N) is 1. The predicted octanol–water partition coefficient (Wildman–Crippen LogP) is 3.70. The molecule has 0 aliphatic heterocycles. The monoisotopic (exact) mass is 307 g/mol. The quantitative estimate of drug-likeness (QED) is 0.827. The maximum absolute atomic E-state index is 6.11. The van der Waals surface area contributed by atoms with E-state index >= 15 is 0 Å². The number of thioether (sulfide) groups is 1. The molecule has 1 heterocycles. The second-order valence-electron chi connectivity index (χ2n) is 4.60. The van der Waals surface area contributed by atoms with E-state index in [0.717, 1.165) is 34.1 Å². The van der Waals surface area contributed by atoms with E-state index in [1.165, 1.54) is 0 Å². The molecule has 0 spiro atoms. The van der Waals surface area contributed by atoms with Crippen LogP contribution in [0.25, 0.3) is 0 Å². The summed E-state index contributed by atoms with van der Waals surface area (Å²) in [6.07, 6.45) is 5.52. The number of hydrogen-bond acceptors (Lipinski definition) is 4. The van der Waals surface area contributed by atoms with Crippen LogP contribution in [-0.2, 0) is 12.2 Å². The molecule has 2 rings (SSSR count). The second kappa shape index (κ2) is 7.62. The molecule has 0 amide bonds. The van der Waals surface area contributed by atoms with E-state index in [1.807, 2.05) is 36.7 Å². The van der Waals surface area contributed by atoms with E-state index in [-0.39, 0.29) is 6.04 Å². The third-order valence-electron chi connectivity index (χ3n) is 2.97. The molecule has 0 fully saturated rings. The summed E-state index contributed by atoms with van der Waals surface area (Å²) < 4.78 is 0. The first-order chi connectivity index (χ1) is 9.69. The smallest absolute Gasteiger partial charge is 0.138 e. The van der Waals surface area contributed by atoms with E-state index in [4.69, 9.17) is 17.3 Å². The van der Waals surface area contributed by atoms with Crippen molar-refractivity contribution in [3.8, 4) is 0 Å². The van der Waals surface area contributed by atoms with Crippen molar-refractivity contribution in [1.29, 1.82) is 0 Å². The molecular formula is C15H18ClN3S. The van der Waals surface area contributed by atoms with Crippen LogP contribution in [0.5, 0.6) is 0 Å². The fraction of sp³-hybridized carbons (Fsp3) is 0.333. The van der Waals surface area contributed by atoms with Crippen molar-refractivity contribution in [3.05, 3.63) is 53.1 Å². The Morgan fingerprint density at radius 3 is 2.60 bits per heavy atom. The van der Waals surface area contributed by atoms with Gasteiger partial charge in [-0.25, -0.2) is 9.97 Å². The maximum atomic E-state index is 6.11. The molecule has 20 heavy (non-hydrogen) atoms. The van der Waals surface area contributed by atoms with Gasteiger partial charge < -0.3 is 5.73 Å². The molecular weight excluding hydrogens is 290 g/mol. The highest BCUT2D eigenvalue weighted by Gasteiger charge is 2.05. The molecule has 0 radical (unpaired) electrons. The first-order valence-corrected chi connectivity index (χ1v) is 7.98. The van der Waals surface area contributed by atoms with Gasteiger partial charge >= 0.3 is 0 Å². The van der Waals surface area contributed by atoms with E-state index in [0.29, 0.717) is 5.75 Å². The number of halogens is 1. The molecule has 3 nitrogen and oxygen atoms in total. The Labute approximate surface area is 129 Å². The molecule has 2 aromatic rings. The summed E-state index contributed by atoms with van der Waals surface area (Å²) >= 11 is 7.76. The summed E-state index contributed by atoms with van der Waals surface area (Å²) in [5.74, 6) is 1.52. The molecule has 1 aromatic heterocycles. The summed E-state index contributed by atoms with van der Waals surface area (Å²) in [4.78, 5) is 9.81. The minimum Gasteiger partial charge on any atom is -0.327 e. The van der Waals surface area contributed by atoms with Crippen molar-refractivity contribution in [2.75, 3.05) is 0 Å². The van der Waals surface area contributed by atoms with Crippen molar-refractivity contribution in [2.45, 2.75) is 36.5 Å². The molecule has 5 heteroatoms. The van der Waals surface area contributed by atoms with Crippen molar-refractivity contribution in [2.24, 2.45) is 5.73 Å². The van der Waals surface area contributed by atoms with Crippen LogP contribution in [0.15, 0.2) is 41.6 Å². The lowest BCUT2D eigenvalue weighted by atomic mass is 10.1. The van der Waals surface area contributed by atoms with Gasteiger partial charge in [-0.15, -0.1) is 11.8 Å². The zero-order chi connectivity index (χ0) is 14.4. The Balaban J connectivity index is 1.92. The van der Waals surface area contributed by atoms with Crippen LogP contribution in [0.1, 0.15) is 24.7 Å². The molecule has 1 unspecified atom stereocenters. The molecule has 0 saturated carbocycles. The summed E-state index contributed by atoms with van der Waals surface area (Å²) in [6, 6.07) is 7.97. The lowest BCUT2D eigenvalue weighted by molar-refractivity contribution is 0.642. The largest absolute Gasteiger partial charge is 0.327 e. The number of benzene rings is 1. The standard InChI is InChI=1S/C15H18ClN3S/c1-2-12(17)7-11-8-18-15(19-9-11)10-20-14-6-4-3-5-13(14)16/h3-6,8-9,12H,2,7,10,17H2,1H3. The highest BCUT2D eigenvalue weighted by molar-refractivity contribution is 7.98. The summed E-state index contributed by atoms with van der Waals surface area (Å²) in [6.45, 7) is 2.08. The van der Waals surface area contributed by atoms with Gasteiger partial charge in [-0.2, -0.15) is 0 Å². The number of rotatable bonds is 6. The molecule has 0 aliphatic carbocycles.